The van der Waals surface area contributed by atoms with Crippen molar-refractivity contribution < 1.29 is 4.79 Å². The molecule has 0 saturated carbocycles. The molecule has 28 heavy (non-hydrogen) atoms. The first kappa shape index (κ1) is 21.3. The summed E-state index contributed by atoms with van der Waals surface area (Å²) in [5.74, 6) is 0.0704. The summed E-state index contributed by atoms with van der Waals surface area (Å²) in [5, 5.41) is 1.85. The average molecular weight is 441 g/mol. The lowest BCUT2D eigenvalue weighted by molar-refractivity contribution is -0.134. The zero-order valence-corrected chi connectivity index (χ0v) is 18.2. The minimum atomic E-state index is -0.503. The summed E-state index contributed by atoms with van der Waals surface area (Å²) < 4.78 is 0. The number of rotatable bonds is 4. The van der Waals surface area contributed by atoms with Gasteiger partial charge >= 0.3 is 0 Å². The van der Waals surface area contributed by atoms with Gasteiger partial charge in [0.2, 0.25) is 5.91 Å². The molecule has 1 fully saturated rings. The summed E-state index contributed by atoms with van der Waals surface area (Å²) in [5.41, 5.74) is 8.08. The first-order chi connectivity index (χ1) is 13.3. The molecule has 1 aliphatic rings. The number of carbonyl (C=O) groups is 1. The average Bonchev–Trinajstić information content (AvgIpc) is 2.67. The number of piperazine rings is 1. The molecule has 1 heterocycles. The molecule has 0 unspecified atom stereocenters. The van der Waals surface area contributed by atoms with E-state index in [9.17, 15) is 4.79 Å². The summed E-state index contributed by atoms with van der Waals surface area (Å²) >= 11 is 18.6. The maximum atomic E-state index is 12.8. The van der Waals surface area contributed by atoms with E-state index in [-0.39, 0.29) is 17.9 Å². The molecule has 2 aromatic rings. The van der Waals surface area contributed by atoms with Crippen LogP contribution in [0.4, 0.5) is 5.69 Å². The standard InChI is InChI=1S/C21H24Cl3N3O/c1-13(2)20(25)21(28)26-9-10-27(18-8-7-16(23)11-17(18)24)19(12-26)14-3-5-15(22)6-4-14/h3-8,11,13,19-20H,9-10,12,25H2,1-2H3/t19-,20+/m0/s1. The molecule has 1 amide bonds. The summed E-state index contributed by atoms with van der Waals surface area (Å²) in [4.78, 5) is 16.9. The maximum absolute atomic E-state index is 12.8. The van der Waals surface area contributed by atoms with Gasteiger partial charge in [0.1, 0.15) is 0 Å². The number of amides is 1. The van der Waals surface area contributed by atoms with E-state index in [0.29, 0.717) is 34.7 Å². The van der Waals surface area contributed by atoms with Crippen LogP contribution < -0.4 is 10.6 Å². The number of halogens is 3. The van der Waals surface area contributed by atoms with E-state index in [1.54, 1.807) is 6.07 Å². The Morgan fingerprint density at radius 1 is 1.04 bits per heavy atom. The van der Waals surface area contributed by atoms with Gasteiger partial charge in [-0.15, -0.1) is 0 Å². The Balaban J connectivity index is 1.94. The third-order valence-electron chi connectivity index (χ3n) is 5.17. The van der Waals surface area contributed by atoms with Gasteiger partial charge in [0.25, 0.3) is 0 Å². The molecule has 3 rings (SSSR count). The monoisotopic (exact) mass is 439 g/mol. The first-order valence-corrected chi connectivity index (χ1v) is 10.4. The molecule has 0 radical (unpaired) electrons. The lowest BCUT2D eigenvalue weighted by atomic mass is 9.99. The van der Waals surface area contributed by atoms with Crippen molar-refractivity contribution in [1.82, 2.24) is 4.90 Å². The van der Waals surface area contributed by atoms with Crippen molar-refractivity contribution in [3.63, 3.8) is 0 Å². The SMILES string of the molecule is CC(C)[C@@H](N)C(=O)N1CCN(c2ccc(Cl)cc2Cl)[C@H](c2ccc(Cl)cc2)C1. The van der Waals surface area contributed by atoms with E-state index < -0.39 is 6.04 Å². The zero-order chi connectivity index (χ0) is 20.4. The zero-order valence-electron chi connectivity index (χ0n) is 15.9. The van der Waals surface area contributed by atoms with Crippen molar-refractivity contribution >= 4 is 46.4 Å². The fourth-order valence-corrected chi connectivity index (χ4v) is 4.09. The van der Waals surface area contributed by atoms with Gasteiger partial charge in [0.15, 0.2) is 0 Å². The Labute approximate surface area is 181 Å². The highest BCUT2D eigenvalue weighted by Crippen LogP contribution is 2.37. The van der Waals surface area contributed by atoms with Gasteiger partial charge in [-0.25, -0.2) is 0 Å². The van der Waals surface area contributed by atoms with Crippen LogP contribution in [0.3, 0.4) is 0 Å². The van der Waals surface area contributed by atoms with Crippen molar-refractivity contribution in [2.75, 3.05) is 24.5 Å². The Morgan fingerprint density at radius 2 is 1.68 bits per heavy atom. The Morgan fingerprint density at radius 3 is 2.29 bits per heavy atom. The fraction of sp³-hybridized carbons (Fsp3) is 0.381. The largest absolute Gasteiger partial charge is 0.360 e. The molecule has 1 aliphatic heterocycles. The van der Waals surface area contributed by atoms with Gasteiger partial charge < -0.3 is 15.5 Å². The second-order valence-corrected chi connectivity index (χ2v) is 8.69. The molecular weight excluding hydrogens is 417 g/mol. The third kappa shape index (κ3) is 4.57. The molecule has 150 valence electrons. The molecule has 2 N–H and O–H groups in total. The van der Waals surface area contributed by atoms with Crippen LogP contribution in [0.1, 0.15) is 25.5 Å². The van der Waals surface area contributed by atoms with E-state index >= 15 is 0 Å². The van der Waals surface area contributed by atoms with Gasteiger partial charge in [-0.05, 0) is 41.8 Å². The normalized spacial score (nSPS) is 18.5. The quantitative estimate of drug-likeness (QED) is 0.726. The van der Waals surface area contributed by atoms with Crippen LogP contribution in [0.25, 0.3) is 0 Å². The number of hydrogen-bond acceptors (Lipinski definition) is 3. The summed E-state index contributed by atoms with van der Waals surface area (Å²) in [6, 6.07) is 12.6. The van der Waals surface area contributed by atoms with Gasteiger partial charge in [0, 0.05) is 29.7 Å². The number of benzene rings is 2. The second kappa shape index (κ2) is 8.91. The summed E-state index contributed by atoms with van der Waals surface area (Å²) in [6.07, 6.45) is 0. The van der Waals surface area contributed by atoms with Crippen molar-refractivity contribution in [1.29, 1.82) is 0 Å². The molecule has 7 heteroatoms. The van der Waals surface area contributed by atoms with E-state index in [1.807, 2.05) is 55.1 Å². The van der Waals surface area contributed by atoms with Crippen LogP contribution >= 0.6 is 34.8 Å². The molecule has 0 aliphatic carbocycles. The van der Waals surface area contributed by atoms with Crippen molar-refractivity contribution in [3.05, 3.63) is 63.1 Å². The minimum Gasteiger partial charge on any atom is -0.360 e. The molecule has 0 spiro atoms. The molecule has 0 bridgehead atoms. The minimum absolute atomic E-state index is 0.0178. The lowest BCUT2D eigenvalue weighted by Crippen LogP contribution is -2.55. The lowest BCUT2D eigenvalue weighted by Gasteiger charge is -2.44. The van der Waals surface area contributed by atoms with Crippen molar-refractivity contribution in [2.45, 2.75) is 25.9 Å². The van der Waals surface area contributed by atoms with Gasteiger partial charge in [0.05, 0.1) is 22.8 Å². The predicted molar refractivity (Wildman–Crippen MR) is 117 cm³/mol. The number of anilines is 1. The highest BCUT2D eigenvalue weighted by Gasteiger charge is 2.34. The smallest absolute Gasteiger partial charge is 0.239 e. The third-order valence-corrected chi connectivity index (χ3v) is 5.96. The van der Waals surface area contributed by atoms with Gasteiger partial charge in [-0.3, -0.25) is 4.79 Å². The van der Waals surface area contributed by atoms with Gasteiger partial charge in [-0.1, -0.05) is 60.8 Å². The predicted octanol–water partition coefficient (Wildman–Crippen LogP) is 5.02. The first-order valence-electron chi connectivity index (χ1n) is 9.29. The Hall–Kier alpha value is -1.46. The van der Waals surface area contributed by atoms with Crippen LogP contribution in [0.15, 0.2) is 42.5 Å². The molecular formula is C21H24Cl3N3O. The van der Waals surface area contributed by atoms with Crippen LogP contribution in [0.2, 0.25) is 15.1 Å². The highest BCUT2D eigenvalue weighted by atomic mass is 35.5. The highest BCUT2D eigenvalue weighted by molar-refractivity contribution is 6.36. The van der Waals surface area contributed by atoms with E-state index in [0.717, 1.165) is 11.3 Å². The summed E-state index contributed by atoms with van der Waals surface area (Å²) in [7, 11) is 0. The number of nitrogens with zero attached hydrogens (tertiary/aromatic N) is 2. The van der Waals surface area contributed by atoms with E-state index in [1.165, 1.54) is 0 Å². The van der Waals surface area contributed by atoms with Gasteiger partial charge in [-0.2, -0.15) is 0 Å². The molecule has 2 atom stereocenters. The number of carbonyl (C=O) groups excluding carboxylic acids is 1. The van der Waals surface area contributed by atoms with E-state index in [4.69, 9.17) is 40.5 Å². The number of nitrogens with two attached hydrogens (primary N) is 1. The van der Waals surface area contributed by atoms with Crippen LogP contribution in [-0.2, 0) is 4.79 Å². The molecule has 1 saturated heterocycles. The fourth-order valence-electron chi connectivity index (χ4n) is 3.45. The topological polar surface area (TPSA) is 49.6 Å². The molecule has 4 nitrogen and oxygen atoms in total. The molecule has 0 aromatic heterocycles. The second-order valence-electron chi connectivity index (χ2n) is 7.41. The van der Waals surface area contributed by atoms with E-state index in [2.05, 4.69) is 4.90 Å². The van der Waals surface area contributed by atoms with Crippen molar-refractivity contribution in [3.8, 4) is 0 Å². The Bertz CT molecular complexity index is 841. The Kier molecular flexibility index (Phi) is 6.77. The van der Waals surface area contributed by atoms with Crippen LogP contribution in [0, 0.1) is 5.92 Å². The maximum Gasteiger partial charge on any atom is 0.239 e. The van der Waals surface area contributed by atoms with Crippen molar-refractivity contribution in [2.24, 2.45) is 11.7 Å². The van der Waals surface area contributed by atoms with Crippen LogP contribution in [-0.4, -0.2) is 36.5 Å². The molecule has 2 aromatic carbocycles. The van der Waals surface area contributed by atoms with Crippen LogP contribution in [0.5, 0.6) is 0 Å². The summed E-state index contributed by atoms with van der Waals surface area (Å²) in [6.45, 7) is 5.68. The number of hydrogen-bond donors (Lipinski definition) is 1.